The van der Waals surface area contributed by atoms with Crippen molar-refractivity contribution in [2.45, 2.75) is 38.3 Å². The highest BCUT2D eigenvalue weighted by molar-refractivity contribution is 8.31. The second-order valence-electron chi connectivity index (χ2n) is 5.41. The van der Waals surface area contributed by atoms with Crippen LogP contribution in [0.1, 0.15) is 42.6 Å². The number of aryl methyl sites for hydroxylation is 1. The van der Waals surface area contributed by atoms with E-state index >= 15 is 0 Å². The van der Waals surface area contributed by atoms with E-state index in [0.717, 1.165) is 31.2 Å². The van der Waals surface area contributed by atoms with Crippen LogP contribution in [0.2, 0.25) is 0 Å². The molecule has 0 amide bonds. The SMILES string of the molecule is CCc1ccc(-n2cnc(C(F)(F)F)n2)c(C2CC2)c1.O=S(=O)(Cl)Cl. The Labute approximate surface area is 151 Å². The van der Waals surface area contributed by atoms with Gasteiger partial charge in [-0.2, -0.15) is 21.6 Å². The summed E-state index contributed by atoms with van der Waals surface area (Å²) in [4.78, 5) is 3.35. The van der Waals surface area contributed by atoms with E-state index in [0.29, 0.717) is 11.6 Å². The molecule has 0 unspecified atom stereocenters. The Bertz CT molecular complexity index is 841. The number of halogens is 5. The molecule has 1 aliphatic carbocycles. The minimum absolute atomic E-state index is 0.440. The zero-order chi connectivity index (χ0) is 18.8. The van der Waals surface area contributed by atoms with Gasteiger partial charge >= 0.3 is 14.4 Å². The van der Waals surface area contributed by atoms with Crippen molar-refractivity contribution in [2.75, 3.05) is 0 Å². The minimum Gasteiger partial charge on any atom is -0.220 e. The Morgan fingerprint density at radius 1 is 1.28 bits per heavy atom. The molecule has 1 saturated carbocycles. The summed E-state index contributed by atoms with van der Waals surface area (Å²) in [6.07, 6.45) is -0.294. The van der Waals surface area contributed by atoms with E-state index in [9.17, 15) is 13.2 Å². The van der Waals surface area contributed by atoms with Gasteiger partial charge in [-0.05, 0) is 42.4 Å². The largest absolute Gasteiger partial charge is 0.453 e. The summed E-state index contributed by atoms with van der Waals surface area (Å²) in [5, 5.41) is 3.56. The Hall–Kier alpha value is -1.32. The minimum atomic E-state index is -4.51. The molecule has 0 spiro atoms. The maximum absolute atomic E-state index is 12.6. The van der Waals surface area contributed by atoms with Crippen LogP contribution >= 0.6 is 21.4 Å². The maximum Gasteiger partial charge on any atom is 0.453 e. The molecule has 1 heterocycles. The predicted octanol–water partition coefficient (Wildman–Crippen LogP) is 4.43. The van der Waals surface area contributed by atoms with E-state index in [4.69, 9.17) is 8.42 Å². The van der Waals surface area contributed by atoms with E-state index in [1.54, 1.807) is 0 Å². The number of alkyl halides is 3. The number of hydrogen-bond acceptors (Lipinski definition) is 4. The fourth-order valence-corrected chi connectivity index (χ4v) is 2.26. The van der Waals surface area contributed by atoms with Crippen LogP contribution in [-0.4, -0.2) is 23.2 Å². The van der Waals surface area contributed by atoms with Gasteiger partial charge in [0, 0.05) is 21.4 Å². The van der Waals surface area contributed by atoms with Crippen molar-refractivity contribution in [3.63, 3.8) is 0 Å². The molecule has 0 radical (unpaired) electrons. The number of benzene rings is 1. The number of nitrogens with zero attached hydrogens (tertiary/aromatic N) is 3. The van der Waals surface area contributed by atoms with E-state index in [-0.39, 0.29) is 0 Å². The predicted molar refractivity (Wildman–Crippen MR) is 88.3 cm³/mol. The molecule has 1 aromatic carbocycles. The van der Waals surface area contributed by atoms with Crippen molar-refractivity contribution < 1.29 is 21.6 Å². The van der Waals surface area contributed by atoms with Crippen molar-refractivity contribution in [2.24, 2.45) is 0 Å². The first kappa shape index (κ1) is 20.0. The zero-order valence-corrected chi connectivity index (χ0v) is 15.3. The lowest BCUT2D eigenvalue weighted by Gasteiger charge is -2.10. The molecule has 11 heteroatoms. The topological polar surface area (TPSA) is 64.8 Å². The monoisotopic (exact) mass is 415 g/mol. The lowest BCUT2D eigenvalue weighted by molar-refractivity contribution is -0.144. The summed E-state index contributed by atoms with van der Waals surface area (Å²) in [6, 6.07) is 5.83. The Kier molecular flexibility index (Phi) is 6.01. The average Bonchev–Trinajstić information content (AvgIpc) is 3.20. The molecule has 3 rings (SSSR count). The van der Waals surface area contributed by atoms with Crippen LogP contribution in [0.25, 0.3) is 5.69 Å². The average molecular weight is 416 g/mol. The van der Waals surface area contributed by atoms with Gasteiger partial charge in [0.15, 0.2) is 0 Å². The summed E-state index contributed by atoms with van der Waals surface area (Å²) in [6.45, 7) is 2.06. The lowest BCUT2D eigenvalue weighted by Crippen LogP contribution is -2.09. The number of rotatable bonds is 3. The van der Waals surface area contributed by atoms with Gasteiger partial charge in [-0.1, -0.05) is 19.1 Å². The van der Waals surface area contributed by atoms with E-state index in [1.807, 2.05) is 12.1 Å². The summed E-state index contributed by atoms with van der Waals surface area (Å²) in [7, 11) is 4.81. The van der Waals surface area contributed by atoms with Gasteiger partial charge in [0.1, 0.15) is 6.33 Å². The second-order valence-corrected chi connectivity index (χ2v) is 9.08. The molecule has 0 N–H and O–H groups in total. The summed E-state index contributed by atoms with van der Waals surface area (Å²) in [5.74, 6) is -0.658. The van der Waals surface area contributed by atoms with Gasteiger partial charge in [0.25, 0.3) is 5.82 Å². The normalized spacial score (nSPS) is 14.8. The third kappa shape index (κ3) is 6.16. The van der Waals surface area contributed by atoms with Crippen LogP contribution in [0.15, 0.2) is 24.5 Å². The molecule has 25 heavy (non-hydrogen) atoms. The molecule has 5 nitrogen and oxygen atoms in total. The Morgan fingerprint density at radius 2 is 1.88 bits per heavy atom. The highest BCUT2D eigenvalue weighted by atomic mass is 36.0. The van der Waals surface area contributed by atoms with Crippen molar-refractivity contribution in [3.8, 4) is 5.69 Å². The lowest BCUT2D eigenvalue weighted by atomic mass is 10.0. The van der Waals surface area contributed by atoms with Crippen molar-refractivity contribution in [1.29, 1.82) is 0 Å². The van der Waals surface area contributed by atoms with E-state index < -0.39 is 20.3 Å². The fourth-order valence-electron chi connectivity index (χ4n) is 2.26. The molecule has 2 aromatic rings. The van der Waals surface area contributed by atoms with Crippen LogP contribution in [0.3, 0.4) is 0 Å². The van der Waals surface area contributed by atoms with E-state index in [1.165, 1.54) is 10.2 Å². The first-order chi connectivity index (χ1) is 11.5. The van der Waals surface area contributed by atoms with Crippen LogP contribution in [-0.2, 0) is 20.9 Å². The highest BCUT2D eigenvalue weighted by Gasteiger charge is 2.36. The standard InChI is InChI=1S/C14H14F3N3.Cl2O2S/c1-2-9-3-6-12(11(7-9)10-4-5-10)20-8-18-13(19-20)14(15,16)17;1-5(2,3)4/h3,6-8,10H,2,4-5H2,1H3;. The van der Waals surface area contributed by atoms with Gasteiger partial charge in [0.05, 0.1) is 5.69 Å². The third-order valence-corrected chi connectivity index (χ3v) is 3.51. The van der Waals surface area contributed by atoms with Gasteiger partial charge in [-0.25, -0.2) is 9.67 Å². The van der Waals surface area contributed by atoms with Crippen molar-refractivity contribution >= 4 is 29.6 Å². The summed E-state index contributed by atoms with van der Waals surface area (Å²) in [5.41, 5.74) is 2.96. The van der Waals surface area contributed by atoms with Crippen LogP contribution in [0, 0.1) is 0 Å². The highest BCUT2D eigenvalue weighted by Crippen LogP contribution is 2.43. The molecule has 1 aromatic heterocycles. The molecular formula is C14H14Cl2F3N3O2S. The third-order valence-electron chi connectivity index (χ3n) is 3.51. The molecule has 0 saturated heterocycles. The Morgan fingerprint density at radius 3 is 2.32 bits per heavy atom. The van der Waals surface area contributed by atoms with Crippen molar-refractivity contribution in [1.82, 2.24) is 14.8 Å². The molecular weight excluding hydrogens is 402 g/mol. The molecule has 0 bridgehead atoms. The fraction of sp³-hybridized carbons (Fsp3) is 0.429. The summed E-state index contributed by atoms with van der Waals surface area (Å²) < 4.78 is 57.3. The quantitative estimate of drug-likeness (QED) is 0.695. The van der Waals surface area contributed by atoms with Crippen molar-refractivity contribution in [3.05, 3.63) is 41.5 Å². The smallest absolute Gasteiger partial charge is 0.220 e. The molecule has 1 aliphatic rings. The zero-order valence-electron chi connectivity index (χ0n) is 13.0. The summed E-state index contributed by atoms with van der Waals surface area (Å²) >= 11 is 0. The second kappa shape index (κ2) is 7.51. The van der Waals surface area contributed by atoms with Gasteiger partial charge in [-0.15, -0.1) is 5.10 Å². The van der Waals surface area contributed by atoms with Crippen LogP contribution in [0.4, 0.5) is 13.2 Å². The Balaban J connectivity index is 0.000000399. The number of aromatic nitrogens is 3. The van der Waals surface area contributed by atoms with Crippen LogP contribution < -0.4 is 0 Å². The first-order valence-electron chi connectivity index (χ1n) is 7.25. The van der Waals surface area contributed by atoms with Gasteiger partial charge < -0.3 is 0 Å². The van der Waals surface area contributed by atoms with E-state index in [2.05, 4.69) is 44.4 Å². The molecule has 138 valence electrons. The van der Waals surface area contributed by atoms with Gasteiger partial charge in [0.2, 0.25) is 0 Å². The van der Waals surface area contributed by atoms with Gasteiger partial charge in [-0.3, -0.25) is 0 Å². The van der Waals surface area contributed by atoms with Crippen LogP contribution in [0.5, 0.6) is 0 Å². The maximum atomic E-state index is 12.6. The molecule has 0 aliphatic heterocycles. The first-order valence-corrected chi connectivity index (χ1v) is 10.4. The number of hydrogen-bond donors (Lipinski definition) is 0. The molecule has 1 fully saturated rings. The molecule has 0 atom stereocenters.